The molecule has 0 N–H and O–H groups in total. The zero-order valence-corrected chi connectivity index (χ0v) is 24.1. The number of sulfonamides is 1. The van der Waals surface area contributed by atoms with Crippen LogP contribution in [0.4, 0.5) is 18.9 Å². The van der Waals surface area contributed by atoms with Gasteiger partial charge in [-0.15, -0.1) is 10.2 Å². The predicted molar refractivity (Wildman–Crippen MR) is 150 cm³/mol. The molecule has 0 saturated carbocycles. The Morgan fingerprint density at radius 2 is 1.88 bits per heavy atom. The van der Waals surface area contributed by atoms with Crippen molar-refractivity contribution in [2.45, 2.75) is 57.3 Å². The van der Waals surface area contributed by atoms with Gasteiger partial charge in [0.2, 0.25) is 0 Å². The maximum atomic E-state index is 14.2. The van der Waals surface area contributed by atoms with Gasteiger partial charge in [-0.25, -0.2) is 8.42 Å². The first-order valence-corrected chi connectivity index (χ1v) is 15.3. The van der Waals surface area contributed by atoms with E-state index in [0.717, 1.165) is 54.4 Å². The Bertz CT molecular complexity index is 1730. The summed E-state index contributed by atoms with van der Waals surface area (Å²) in [5.41, 5.74) is 1.59. The molecule has 4 heterocycles. The van der Waals surface area contributed by atoms with Crippen molar-refractivity contribution in [3.63, 3.8) is 0 Å². The molecule has 41 heavy (non-hydrogen) atoms. The first-order chi connectivity index (χ1) is 19.4. The van der Waals surface area contributed by atoms with Crippen LogP contribution in [0.25, 0.3) is 10.9 Å². The summed E-state index contributed by atoms with van der Waals surface area (Å²) in [6.45, 7) is 6.32. The highest BCUT2D eigenvalue weighted by molar-refractivity contribution is 7.93. The second-order valence-corrected chi connectivity index (χ2v) is 13.2. The fourth-order valence-electron chi connectivity index (χ4n) is 6.28. The zero-order valence-electron chi connectivity index (χ0n) is 23.3. The van der Waals surface area contributed by atoms with E-state index in [4.69, 9.17) is 0 Å². The normalized spacial score (nSPS) is 19.6. The van der Waals surface area contributed by atoms with Gasteiger partial charge in [0, 0.05) is 37.8 Å². The van der Waals surface area contributed by atoms with Gasteiger partial charge in [-0.2, -0.15) is 13.2 Å². The fourth-order valence-corrected chi connectivity index (χ4v) is 8.06. The van der Waals surface area contributed by atoms with Crippen LogP contribution < -0.4 is 4.31 Å². The number of alkyl halides is 3. The van der Waals surface area contributed by atoms with Crippen molar-refractivity contribution in [3.8, 4) is 0 Å². The van der Waals surface area contributed by atoms with E-state index in [1.165, 1.54) is 10.4 Å². The summed E-state index contributed by atoms with van der Waals surface area (Å²) >= 11 is 0. The van der Waals surface area contributed by atoms with E-state index >= 15 is 0 Å². The van der Waals surface area contributed by atoms with Crippen LogP contribution in [0, 0.1) is 12.8 Å². The molecule has 1 saturated heterocycles. The third kappa shape index (κ3) is 5.12. The summed E-state index contributed by atoms with van der Waals surface area (Å²) in [5.74, 6) is 1.19. The zero-order chi connectivity index (χ0) is 29.1. The predicted octanol–water partition coefficient (Wildman–Crippen LogP) is 5.13. The van der Waals surface area contributed by atoms with Gasteiger partial charge in [0.1, 0.15) is 6.33 Å². The lowest BCUT2D eigenvalue weighted by atomic mass is 9.97. The SMILES string of the molecule is Cc1cc2ccc(N3CCc4c(C(F)(F)F)cc(CN5CCC[C@H](C)C5)cc4S3(=O)=O)cc2n1Cc1nncn1C. The van der Waals surface area contributed by atoms with E-state index in [2.05, 4.69) is 22.0 Å². The molecule has 2 aliphatic rings. The minimum absolute atomic E-state index is 0.0263. The summed E-state index contributed by atoms with van der Waals surface area (Å²) in [4.78, 5) is 1.87. The fraction of sp³-hybridized carbons (Fsp3) is 0.448. The van der Waals surface area contributed by atoms with Gasteiger partial charge < -0.3 is 9.13 Å². The number of benzene rings is 2. The van der Waals surface area contributed by atoms with Gasteiger partial charge in [-0.3, -0.25) is 9.21 Å². The number of fused-ring (bicyclic) bond motifs is 2. The second-order valence-electron chi connectivity index (χ2n) is 11.4. The maximum absolute atomic E-state index is 14.2. The summed E-state index contributed by atoms with van der Waals surface area (Å²) in [6.07, 6.45) is -0.991. The second kappa shape index (κ2) is 10.2. The number of piperidine rings is 1. The van der Waals surface area contributed by atoms with Gasteiger partial charge in [0.25, 0.3) is 10.0 Å². The first kappa shape index (κ1) is 27.8. The highest BCUT2D eigenvalue weighted by Gasteiger charge is 2.41. The lowest BCUT2D eigenvalue weighted by Gasteiger charge is -2.34. The van der Waals surface area contributed by atoms with Crippen LogP contribution in [0.1, 0.15) is 48.0 Å². The van der Waals surface area contributed by atoms with Crippen LogP contribution in [-0.2, 0) is 42.8 Å². The Labute approximate surface area is 237 Å². The Morgan fingerprint density at radius 3 is 2.59 bits per heavy atom. The summed E-state index contributed by atoms with van der Waals surface area (Å²) in [6, 6.07) is 10.00. The largest absolute Gasteiger partial charge is 0.416 e. The van der Waals surface area contributed by atoms with Gasteiger partial charge in [-0.05, 0) is 80.1 Å². The van der Waals surface area contributed by atoms with E-state index in [1.54, 1.807) is 18.5 Å². The number of aryl methyl sites for hydroxylation is 2. The minimum atomic E-state index is -4.65. The smallest absolute Gasteiger partial charge is 0.337 e. The highest BCUT2D eigenvalue weighted by Crippen LogP contribution is 2.41. The quantitative estimate of drug-likeness (QED) is 0.324. The standard InChI is InChI=1S/C29H33F3N6O2S/c1-19-5-4-9-36(15-19)16-21-12-25(29(30,31)32)24-8-10-38(41(39,40)27(24)13-21)23-7-6-22-11-20(2)37(26(22)14-23)17-28-34-33-18-35(28)3/h6-7,11-14,18-19H,4-5,8-10,15-17H2,1-3H3/t19-/m0/s1. The molecular weight excluding hydrogens is 553 g/mol. The molecule has 218 valence electrons. The summed E-state index contributed by atoms with van der Waals surface area (Å²) in [5, 5.41) is 9.05. The molecule has 2 aliphatic heterocycles. The molecule has 8 nitrogen and oxygen atoms in total. The first-order valence-electron chi connectivity index (χ1n) is 13.8. The highest BCUT2D eigenvalue weighted by atomic mass is 32.2. The molecule has 1 fully saturated rings. The van der Waals surface area contributed by atoms with Gasteiger partial charge in [0.05, 0.1) is 28.2 Å². The molecule has 2 aromatic heterocycles. The lowest BCUT2D eigenvalue weighted by Crippen LogP contribution is -2.39. The molecule has 4 aromatic rings. The van der Waals surface area contributed by atoms with Crippen molar-refractivity contribution in [1.29, 1.82) is 0 Å². The van der Waals surface area contributed by atoms with E-state index in [-0.39, 0.29) is 30.0 Å². The molecule has 0 amide bonds. The van der Waals surface area contributed by atoms with Crippen molar-refractivity contribution >= 4 is 26.6 Å². The molecule has 1 atom stereocenters. The number of hydrogen-bond acceptors (Lipinski definition) is 5. The van der Waals surface area contributed by atoms with Crippen molar-refractivity contribution in [2.75, 3.05) is 23.9 Å². The van der Waals surface area contributed by atoms with E-state index in [0.29, 0.717) is 23.7 Å². The van der Waals surface area contributed by atoms with Gasteiger partial charge >= 0.3 is 6.18 Å². The topological polar surface area (TPSA) is 76.3 Å². The number of aromatic nitrogens is 4. The number of hydrogen-bond donors (Lipinski definition) is 0. The Kier molecular flexibility index (Phi) is 6.88. The third-order valence-corrected chi connectivity index (χ3v) is 10.2. The average molecular weight is 587 g/mol. The molecular formula is C29H33F3N6O2S. The number of likely N-dealkylation sites (tertiary alicyclic amines) is 1. The van der Waals surface area contributed by atoms with Gasteiger partial charge in [0.15, 0.2) is 5.82 Å². The lowest BCUT2D eigenvalue weighted by molar-refractivity contribution is -0.138. The number of halogens is 3. The molecule has 0 spiro atoms. The summed E-state index contributed by atoms with van der Waals surface area (Å²) in [7, 11) is -2.39. The van der Waals surface area contributed by atoms with Crippen LogP contribution in [0.3, 0.4) is 0 Å². The molecule has 0 bridgehead atoms. The molecule has 0 radical (unpaired) electrons. The van der Waals surface area contributed by atoms with E-state index in [1.807, 2.05) is 35.2 Å². The Balaban J connectivity index is 1.40. The number of nitrogens with zero attached hydrogens (tertiary/aromatic N) is 6. The van der Waals surface area contributed by atoms with Crippen molar-refractivity contribution in [2.24, 2.45) is 13.0 Å². The minimum Gasteiger partial charge on any atom is -0.337 e. The Morgan fingerprint density at radius 1 is 1.07 bits per heavy atom. The van der Waals surface area contributed by atoms with Crippen molar-refractivity contribution < 1.29 is 21.6 Å². The van der Waals surface area contributed by atoms with Crippen LogP contribution in [0.2, 0.25) is 0 Å². The molecule has 0 aliphatic carbocycles. The average Bonchev–Trinajstić information content (AvgIpc) is 3.45. The third-order valence-electron chi connectivity index (χ3n) is 8.34. The number of rotatable bonds is 5. The molecule has 12 heteroatoms. The summed E-state index contributed by atoms with van der Waals surface area (Å²) < 4.78 is 75.9. The van der Waals surface area contributed by atoms with E-state index in [9.17, 15) is 21.6 Å². The van der Waals surface area contributed by atoms with Crippen molar-refractivity contribution in [3.05, 3.63) is 70.9 Å². The maximum Gasteiger partial charge on any atom is 0.416 e. The molecule has 2 aromatic carbocycles. The monoisotopic (exact) mass is 586 g/mol. The van der Waals surface area contributed by atoms with E-state index < -0.39 is 21.8 Å². The molecule has 6 rings (SSSR count). The Hall–Kier alpha value is -3.38. The van der Waals surface area contributed by atoms with Crippen LogP contribution >= 0.6 is 0 Å². The number of anilines is 1. The van der Waals surface area contributed by atoms with Gasteiger partial charge in [-0.1, -0.05) is 13.0 Å². The van der Waals surface area contributed by atoms with Crippen LogP contribution in [0.5, 0.6) is 0 Å². The molecule has 0 unspecified atom stereocenters. The van der Waals surface area contributed by atoms with Crippen LogP contribution in [-0.4, -0.2) is 52.3 Å². The van der Waals surface area contributed by atoms with Crippen molar-refractivity contribution in [1.82, 2.24) is 24.2 Å². The van der Waals surface area contributed by atoms with Crippen LogP contribution in [0.15, 0.2) is 47.6 Å².